The van der Waals surface area contributed by atoms with Gasteiger partial charge in [0.25, 0.3) is 0 Å². The zero-order chi connectivity index (χ0) is 24.4. The number of hydrogen-bond acceptors (Lipinski definition) is 5. The van der Waals surface area contributed by atoms with Crippen LogP contribution in [0.15, 0.2) is 42.5 Å². The van der Waals surface area contributed by atoms with E-state index in [1.165, 1.54) is 5.56 Å². The molecule has 0 bridgehead atoms. The van der Waals surface area contributed by atoms with Crippen molar-refractivity contribution in [3.05, 3.63) is 59.2 Å². The normalized spacial score (nSPS) is 17.6. The molecule has 0 fully saturated rings. The SMILES string of the molecule is CC(Cc1ccc(O[Si](C)(C)C(C)(C)C)cc1)NC[C@H](O)c1ccc2c(c1)COC(C)(C)O2. The maximum Gasteiger partial charge on any atom is 0.250 e. The minimum atomic E-state index is -1.83. The highest BCUT2D eigenvalue weighted by Crippen LogP contribution is 2.37. The van der Waals surface area contributed by atoms with Gasteiger partial charge in [0.05, 0.1) is 12.7 Å². The van der Waals surface area contributed by atoms with Gasteiger partial charge in [-0.3, -0.25) is 0 Å². The Morgan fingerprint density at radius 1 is 1.12 bits per heavy atom. The Kier molecular flexibility index (Phi) is 7.64. The molecule has 2 atom stereocenters. The van der Waals surface area contributed by atoms with Crippen LogP contribution >= 0.6 is 0 Å². The van der Waals surface area contributed by atoms with E-state index in [9.17, 15) is 5.11 Å². The molecule has 5 nitrogen and oxygen atoms in total. The van der Waals surface area contributed by atoms with E-state index in [4.69, 9.17) is 13.9 Å². The molecular formula is C27H41NO4Si. The molecule has 1 aliphatic rings. The summed E-state index contributed by atoms with van der Waals surface area (Å²) in [6.07, 6.45) is 0.293. The second kappa shape index (κ2) is 9.78. The highest BCUT2D eigenvalue weighted by atomic mass is 28.4. The van der Waals surface area contributed by atoms with Gasteiger partial charge in [-0.2, -0.15) is 0 Å². The Morgan fingerprint density at radius 2 is 1.79 bits per heavy atom. The molecular weight excluding hydrogens is 430 g/mol. The lowest BCUT2D eigenvalue weighted by molar-refractivity contribution is -0.180. The van der Waals surface area contributed by atoms with E-state index in [0.29, 0.717) is 13.2 Å². The van der Waals surface area contributed by atoms with E-state index < -0.39 is 20.2 Å². The zero-order valence-electron chi connectivity index (χ0n) is 21.5. The first-order valence-corrected chi connectivity index (χ1v) is 14.8. The van der Waals surface area contributed by atoms with Gasteiger partial charge in [-0.25, -0.2) is 0 Å². The van der Waals surface area contributed by atoms with Crippen LogP contribution in [0.4, 0.5) is 0 Å². The fourth-order valence-electron chi connectivity index (χ4n) is 3.56. The molecule has 0 radical (unpaired) electrons. The van der Waals surface area contributed by atoms with E-state index >= 15 is 0 Å². The molecule has 2 aromatic carbocycles. The summed E-state index contributed by atoms with van der Waals surface area (Å²) >= 11 is 0. The van der Waals surface area contributed by atoms with Crippen LogP contribution in [0.25, 0.3) is 0 Å². The van der Waals surface area contributed by atoms with E-state index in [0.717, 1.165) is 29.0 Å². The second-order valence-corrected chi connectivity index (χ2v) is 15.9. The number of ether oxygens (including phenoxy) is 2. The van der Waals surface area contributed by atoms with Crippen molar-refractivity contribution in [3.63, 3.8) is 0 Å². The second-order valence-electron chi connectivity index (χ2n) is 11.2. The van der Waals surface area contributed by atoms with Gasteiger partial charge in [0, 0.05) is 32.0 Å². The first kappa shape index (κ1) is 25.8. The third-order valence-electron chi connectivity index (χ3n) is 6.70. The summed E-state index contributed by atoms with van der Waals surface area (Å²) in [6.45, 7) is 18.2. The molecule has 0 amide bonds. The highest BCUT2D eigenvalue weighted by Gasteiger charge is 2.38. The Balaban J connectivity index is 1.51. The summed E-state index contributed by atoms with van der Waals surface area (Å²) < 4.78 is 17.9. The first-order chi connectivity index (χ1) is 15.3. The van der Waals surface area contributed by atoms with Crippen molar-refractivity contribution in [2.45, 2.75) is 90.6 Å². The Morgan fingerprint density at radius 3 is 2.42 bits per heavy atom. The number of rotatable bonds is 8. The lowest BCUT2D eigenvalue weighted by Crippen LogP contribution is -2.43. The van der Waals surface area contributed by atoms with Gasteiger partial charge in [0.15, 0.2) is 0 Å². The van der Waals surface area contributed by atoms with Gasteiger partial charge in [0.2, 0.25) is 14.1 Å². The lowest BCUT2D eigenvalue weighted by atomic mass is 10.0. The van der Waals surface area contributed by atoms with Gasteiger partial charge in [-0.1, -0.05) is 39.0 Å². The number of nitrogens with one attached hydrogen (secondary N) is 1. The van der Waals surface area contributed by atoms with Crippen LogP contribution in [0.5, 0.6) is 11.5 Å². The van der Waals surface area contributed by atoms with E-state index in [-0.39, 0.29) is 11.1 Å². The van der Waals surface area contributed by atoms with E-state index in [2.05, 4.69) is 70.4 Å². The average Bonchev–Trinajstić information content (AvgIpc) is 2.71. The summed E-state index contributed by atoms with van der Waals surface area (Å²) in [5, 5.41) is 14.3. The Bertz CT molecular complexity index is 934. The van der Waals surface area contributed by atoms with Gasteiger partial charge in [0.1, 0.15) is 11.5 Å². The maximum atomic E-state index is 10.7. The third kappa shape index (κ3) is 6.82. The first-order valence-electron chi connectivity index (χ1n) is 11.9. The van der Waals surface area contributed by atoms with Crippen molar-refractivity contribution in [1.29, 1.82) is 0 Å². The summed E-state index contributed by atoms with van der Waals surface area (Å²) in [5.41, 5.74) is 3.09. The molecule has 0 aromatic heterocycles. The fourth-order valence-corrected chi connectivity index (χ4v) is 4.59. The fraction of sp³-hybridized carbons (Fsp3) is 0.556. The van der Waals surface area contributed by atoms with Crippen molar-refractivity contribution in [3.8, 4) is 11.5 Å². The van der Waals surface area contributed by atoms with E-state index in [1.807, 2.05) is 32.0 Å². The number of aliphatic hydroxyl groups is 1. The number of aliphatic hydroxyl groups excluding tert-OH is 1. The van der Waals surface area contributed by atoms with Crippen LogP contribution in [-0.2, 0) is 17.8 Å². The van der Waals surface area contributed by atoms with Gasteiger partial charge < -0.3 is 24.3 Å². The molecule has 1 heterocycles. The molecule has 6 heteroatoms. The molecule has 3 rings (SSSR count). The smallest absolute Gasteiger partial charge is 0.250 e. The van der Waals surface area contributed by atoms with Crippen LogP contribution in [-0.4, -0.2) is 31.8 Å². The minimum Gasteiger partial charge on any atom is -0.544 e. The monoisotopic (exact) mass is 471 g/mol. The van der Waals surface area contributed by atoms with Crippen LogP contribution in [0, 0.1) is 0 Å². The van der Waals surface area contributed by atoms with Crippen LogP contribution in [0.3, 0.4) is 0 Å². The maximum absolute atomic E-state index is 10.7. The minimum absolute atomic E-state index is 0.180. The summed E-state index contributed by atoms with van der Waals surface area (Å²) in [4.78, 5) is 0. The van der Waals surface area contributed by atoms with Gasteiger partial charge in [-0.15, -0.1) is 0 Å². The molecule has 1 unspecified atom stereocenters. The van der Waals surface area contributed by atoms with Crippen molar-refractivity contribution in [2.24, 2.45) is 0 Å². The van der Waals surface area contributed by atoms with Gasteiger partial charge in [-0.05, 0) is 66.9 Å². The standard InChI is InChI=1S/C27H41NO4Si/c1-19(15-20-9-12-23(13-10-20)32-33(7,8)26(2,3)4)28-17-24(29)21-11-14-25-22(16-21)18-30-27(5,6)31-25/h9-14,16,19,24,28-29H,15,17-18H2,1-8H3/t19?,24-/m0/s1. The van der Waals surface area contributed by atoms with Crippen molar-refractivity contribution in [2.75, 3.05) is 6.54 Å². The van der Waals surface area contributed by atoms with Crippen molar-refractivity contribution >= 4 is 8.32 Å². The van der Waals surface area contributed by atoms with Crippen molar-refractivity contribution < 1.29 is 19.0 Å². The molecule has 0 aliphatic carbocycles. The predicted octanol–water partition coefficient (Wildman–Crippen LogP) is 5.97. The predicted molar refractivity (Wildman–Crippen MR) is 136 cm³/mol. The van der Waals surface area contributed by atoms with Crippen molar-refractivity contribution in [1.82, 2.24) is 5.32 Å². The van der Waals surface area contributed by atoms with Gasteiger partial charge >= 0.3 is 0 Å². The van der Waals surface area contributed by atoms with E-state index in [1.54, 1.807) is 0 Å². The van der Waals surface area contributed by atoms with Crippen LogP contribution in [0.1, 0.15) is 64.3 Å². The Labute approximate surface area is 200 Å². The largest absolute Gasteiger partial charge is 0.544 e. The molecule has 33 heavy (non-hydrogen) atoms. The zero-order valence-corrected chi connectivity index (χ0v) is 22.5. The average molecular weight is 472 g/mol. The molecule has 2 N–H and O–H groups in total. The number of benzene rings is 2. The summed E-state index contributed by atoms with van der Waals surface area (Å²) in [7, 11) is -1.83. The molecule has 0 spiro atoms. The molecule has 0 saturated carbocycles. The highest BCUT2D eigenvalue weighted by molar-refractivity contribution is 6.74. The number of fused-ring (bicyclic) bond motifs is 1. The third-order valence-corrected chi connectivity index (χ3v) is 11.1. The van der Waals surface area contributed by atoms with Crippen LogP contribution in [0.2, 0.25) is 18.1 Å². The summed E-state index contributed by atoms with van der Waals surface area (Å²) in [5.74, 6) is 1.16. The molecule has 182 valence electrons. The quantitative estimate of drug-likeness (QED) is 0.465. The topological polar surface area (TPSA) is 60.0 Å². The van der Waals surface area contributed by atoms with Crippen LogP contribution < -0.4 is 14.5 Å². The molecule has 1 aliphatic heterocycles. The molecule has 2 aromatic rings. The molecule has 0 saturated heterocycles. The number of hydrogen-bond donors (Lipinski definition) is 2. The summed E-state index contributed by atoms with van der Waals surface area (Å²) in [6, 6.07) is 14.5. The Hall–Kier alpha value is -1.86. The lowest BCUT2D eigenvalue weighted by Gasteiger charge is -2.36.